The largest absolute Gasteiger partial charge is 0.489 e. The highest BCUT2D eigenvalue weighted by molar-refractivity contribution is 6.05. The Balaban J connectivity index is 1.87. The summed E-state index contributed by atoms with van der Waals surface area (Å²) in [5.41, 5.74) is 8.86. The molecule has 0 saturated heterocycles. The molecule has 2 N–H and O–H groups in total. The van der Waals surface area contributed by atoms with Crippen LogP contribution in [-0.2, 0) is 6.42 Å². The number of benzene rings is 2. The number of furan rings is 1. The van der Waals surface area contributed by atoms with Gasteiger partial charge in [0.15, 0.2) is 17.1 Å². The second kappa shape index (κ2) is 9.42. The number of carbonyl (C=O) groups is 1. The minimum absolute atomic E-state index is 0.0579. The Hall–Kier alpha value is -2.79. The average molecular weight is 381 g/mol. The lowest BCUT2D eigenvalue weighted by Gasteiger charge is -2.18. The summed E-state index contributed by atoms with van der Waals surface area (Å²) < 4.78 is 17.7. The molecule has 28 heavy (non-hydrogen) atoms. The second-order valence-electron chi connectivity index (χ2n) is 6.81. The molecule has 0 saturated carbocycles. The molecule has 1 heterocycles. The molecule has 0 aliphatic carbocycles. The molecule has 0 aliphatic rings. The van der Waals surface area contributed by atoms with Crippen LogP contribution in [0, 0.1) is 6.92 Å². The van der Waals surface area contributed by atoms with Gasteiger partial charge in [-0.15, -0.1) is 0 Å². The Kier molecular flexibility index (Phi) is 6.71. The molecule has 5 heteroatoms. The van der Waals surface area contributed by atoms with Crippen molar-refractivity contribution in [3.63, 3.8) is 0 Å². The van der Waals surface area contributed by atoms with E-state index in [0.717, 1.165) is 23.8 Å². The van der Waals surface area contributed by atoms with Crippen LogP contribution < -0.4 is 15.2 Å². The van der Waals surface area contributed by atoms with E-state index >= 15 is 0 Å². The lowest BCUT2D eigenvalue weighted by Crippen LogP contribution is -2.11. The van der Waals surface area contributed by atoms with E-state index in [1.165, 1.54) is 5.56 Å². The Bertz CT molecular complexity index is 931. The Labute approximate surface area is 165 Å². The molecule has 0 unspecified atom stereocenters. The van der Waals surface area contributed by atoms with Crippen molar-refractivity contribution in [2.24, 2.45) is 5.73 Å². The molecule has 5 nitrogen and oxygen atoms in total. The smallest absolute Gasteiger partial charge is 0.205 e. The van der Waals surface area contributed by atoms with Crippen LogP contribution in [-0.4, -0.2) is 25.5 Å². The number of rotatable bonds is 10. The minimum atomic E-state index is -0.0579. The molecule has 1 aromatic heterocycles. The number of ether oxygens (including phenoxy) is 2. The number of fused-ring (bicyclic) bond motifs is 1. The van der Waals surface area contributed by atoms with Crippen molar-refractivity contribution in [3.05, 3.63) is 59.4 Å². The zero-order valence-electron chi connectivity index (χ0n) is 16.5. The van der Waals surface area contributed by atoms with Crippen molar-refractivity contribution in [2.75, 3.05) is 19.8 Å². The van der Waals surface area contributed by atoms with E-state index in [0.29, 0.717) is 48.8 Å². The van der Waals surface area contributed by atoms with E-state index in [9.17, 15) is 4.79 Å². The van der Waals surface area contributed by atoms with Crippen LogP contribution in [0.3, 0.4) is 0 Å². The van der Waals surface area contributed by atoms with Gasteiger partial charge >= 0.3 is 0 Å². The minimum Gasteiger partial charge on any atom is -0.489 e. The monoisotopic (exact) mass is 381 g/mol. The van der Waals surface area contributed by atoms with E-state index in [2.05, 4.69) is 12.1 Å². The third-order valence-corrected chi connectivity index (χ3v) is 4.73. The van der Waals surface area contributed by atoms with Gasteiger partial charge in [-0.3, -0.25) is 4.79 Å². The normalized spacial score (nSPS) is 11.0. The lowest BCUT2D eigenvalue weighted by molar-refractivity contribution is 0.101. The van der Waals surface area contributed by atoms with Crippen LogP contribution in [0.25, 0.3) is 11.0 Å². The second-order valence-corrected chi connectivity index (χ2v) is 6.81. The molecule has 148 valence electrons. The van der Waals surface area contributed by atoms with Gasteiger partial charge < -0.3 is 19.6 Å². The highest BCUT2D eigenvalue weighted by Crippen LogP contribution is 2.43. The van der Waals surface area contributed by atoms with Crippen molar-refractivity contribution >= 4 is 16.8 Å². The Morgan fingerprint density at radius 3 is 2.46 bits per heavy atom. The average Bonchev–Trinajstić information content (AvgIpc) is 3.18. The Morgan fingerprint density at radius 1 is 1.04 bits per heavy atom. The first-order valence-electron chi connectivity index (χ1n) is 9.67. The number of hydrogen-bond acceptors (Lipinski definition) is 5. The zero-order valence-corrected chi connectivity index (χ0v) is 16.5. The number of aryl methyl sites for hydroxylation is 2. The summed E-state index contributed by atoms with van der Waals surface area (Å²) in [7, 11) is 0. The van der Waals surface area contributed by atoms with Crippen molar-refractivity contribution in [1.29, 1.82) is 0 Å². The first-order valence-corrected chi connectivity index (χ1v) is 9.67. The number of Topliss-reactive ketones (excluding diaryl/α,β-unsaturated/α-hetero) is 1. The molecule has 0 amide bonds. The molecular formula is C23H27NO4. The van der Waals surface area contributed by atoms with Gasteiger partial charge in [0, 0.05) is 5.39 Å². The topological polar surface area (TPSA) is 74.7 Å². The van der Waals surface area contributed by atoms with E-state index in [-0.39, 0.29) is 5.78 Å². The van der Waals surface area contributed by atoms with E-state index in [1.54, 1.807) is 13.2 Å². The standard InChI is InChI=1S/C23H27NO4/c1-16-19-11-15-28-21(19)23(22(20(16)17(2)25)26-14-7-12-24)27-13-6-10-18-8-4-3-5-9-18/h3-5,8-9,11,15H,6-7,10,12-14,24H2,1-2H3. The van der Waals surface area contributed by atoms with Gasteiger partial charge in [0.25, 0.3) is 0 Å². The number of hydrogen-bond donors (Lipinski definition) is 1. The highest BCUT2D eigenvalue weighted by Gasteiger charge is 2.24. The van der Waals surface area contributed by atoms with Gasteiger partial charge in [0.2, 0.25) is 5.75 Å². The van der Waals surface area contributed by atoms with Crippen LogP contribution >= 0.6 is 0 Å². The molecule has 0 atom stereocenters. The molecular weight excluding hydrogens is 354 g/mol. The predicted molar refractivity (Wildman–Crippen MR) is 110 cm³/mol. The van der Waals surface area contributed by atoms with E-state index in [1.807, 2.05) is 31.2 Å². The molecule has 0 fully saturated rings. The van der Waals surface area contributed by atoms with Crippen molar-refractivity contribution in [1.82, 2.24) is 0 Å². The molecule has 3 rings (SSSR count). The van der Waals surface area contributed by atoms with Crippen LogP contribution in [0.15, 0.2) is 47.1 Å². The van der Waals surface area contributed by atoms with Crippen LogP contribution in [0.4, 0.5) is 0 Å². The summed E-state index contributed by atoms with van der Waals surface area (Å²) in [6.45, 7) is 4.89. The predicted octanol–water partition coefficient (Wildman–Crippen LogP) is 4.68. The highest BCUT2D eigenvalue weighted by atomic mass is 16.5. The number of nitrogens with two attached hydrogens (primary N) is 1. The maximum absolute atomic E-state index is 12.4. The molecule has 3 aromatic rings. The summed E-state index contributed by atoms with van der Waals surface area (Å²) in [5, 5.41) is 0.870. The number of carbonyl (C=O) groups excluding carboxylic acids is 1. The van der Waals surface area contributed by atoms with Gasteiger partial charge in [0.1, 0.15) is 0 Å². The maximum Gasteiger partial charge on any atom is 0.205 e. The fraction of sp³-hybridized carbons (Fsp3) is 0.348. The first-order chi connectivity index (χ1) is 13.6. The fourth-order valence-corrected chi connectivity index (χ4v) is 3.35. The van der Waals surface area contributed by atoms with Gasteiger partial charge in [-0.2, -0.15) is 0 Å². The summed E-state index contributed by atoms with van der Waals surface area (Å²) >= 11 is 0. The summed E-state index contributed by atoms with van der Waals surface area (Å²) in [4.78, 5) is 12.4. The van der Waals surface area contributed by atoms with Crippen molar-refractivity contribution in [3.8, 4) is 11.5 Å². The Morgan fingerprint density at radius 2 is 1.75 bits per heavy atom. The van der Waals surface area contributed by atoms with Gasteiger partial charge in [0.05, 0.1) is 25.0 Å². The van der Waals surface area contributed by atoms with Gasteiger partial charge in [-0.05, 0) is 56.8 Å². The molecule has 0 spiro atoms. The first kappa shape index (κ1) is 20.0. The third-order valence-electron chi connectivity index (χ3n) is 4.73. The zero-order chi connectivity index (χ0) is 19.9. The third kappa shape index (κ3) is 4.37. The van der Waals surface area contributed by atoms with E-state index in [4.69, 9.17) is 19.6 Å². The lowest BCUT2D eigenvalue weighted by atomic mass is 9.99. The molecule has 0 bridgehead atoms. The summed E-state index contributed by atoms with van der Waals surface area (Å²) in [6, 6.07) is 12.1. The van der Waals surface area contributed by atoms with Gasteiger partial charge in [-0.25, -0.2) is 0 Å². The van der Waals surface area contributed by atoms with Gasteiger partial charge in [-0.1, -0.05) is 30.3 Å². The van der Waals surface area contributed by atoms with Crippen LogP contribution in [0.2, 0.25) is 0 Å². The fourth-order valence-electron chi connectivity index (χ4n) is 3.35. The molecule has 0 aliphatic heterocycles. The summed E-state index contributed by atoms with van der Waals surface area (Å²) in [5.74, 6) is 0.902. The van der Waals surface area contributed by atoms with E-state index < -0.39 is 0 Å². The molecule has 2 aromatic carbocycles. The maximum atomic E-state index is 12.4. The number of ketones is 1. The van der Waals surface area contributed by atoms with Crippen molar-refractivity contribution < 1.29 is 18.7 Å². The van der Waals surface area contributed by atoms with Crippen LogP contribution in [0.1, 0.15) is 41.3 Å². The summed E-state index contributed by atoms with van der Waals surface area (Å²) in [6.07, 6.45) is 4.07. The SMILES string of the molecule is CC(=O)c1c(OCCCN)c(OCCCc2ccccc2)c2occc2c1C. The van der Waals surface area contributed by atoms with Crippen molar-refractivity contribution in [2.45, 2.75) is 33.1 Å². The molecule has 0 radical (unpaired) electrons. The quantitative estimate of drug-likeness (QED) is 0.407. The van der Waals surface area contributed by atoms with Crippen LogP contribution in [0.5, 0.6) is 11.5 Å².